The number of phenolic OH excluding ortho intramolecular Hbond substituents is 2. The Kier molecular flexibility index (Phi) is 6.04. The fourth-order valence-corrected chi connectivity index (χ4v) is 3.53. The van der Waals surface area contributed by atoms with Crippen LogP contribution in [0.1, 0.15) is 0 Å². The Morgan fingerprint density at radius 1 is 0.939 bits per heavy atom. The highest BCUT2D eigenvalue weighted by Crippen LogP contribution is 2.43. The van der Waals surface area contributed by atoms with E-state index in [1.165, 1.54) is 38.5 Å². The molecular weight excluding hydrogens is 440 g/mol. The van der Waals surface area contributed by atoms with Crippen LogP contribution in [0.25, 0.3) is 22.3 Å². The van der Waals surface area contributed by atoms with Crippen LogP contribution in [0.4, 0.5) is 0 Å². The van der Waals surface area contributed by atoms with Gasteiger partial charge < -0.3 is 48.9 Å². The summed E-state index contributed by atoms with van der Waals surface area (Å²) in [6, 6.07) is 6.36. The molecule has 0 aliphatic carbocycles. The molecule has 1 aromatic heterocycles. The lowest BCUT2D eigenvalue weighted by atomic mass is 10.1. The molecular formula is C22H22O11. The first kappa shape index (κ1) is 22.7. The minimum Gasteiger partial charge on any atom is -0.508 e. The highest BCUT2D eigenvalue weighted by atomic mass is 16.7. The number of phenols is 2. The summed E-state index contributed by atoms with van der Waals surface area (Å²) in [4.78, 5) is 12.6. The van der Waals surface area contributed by atoms with Gasteiger partial charge in [0.15, 0.2) is 16.9 Å². The second kappa shape index (κ2) is 8.79. The summed E-state index contributed by atoms with van der Waals surface area (Å²) in [7, 11) is 2.71. The molecule has 33 heavy (non-hydrogen) atoms. The molecule has 1 aliphatic rings. The van der Waals surface area contributed by atoms with Crippen molar-refractivity contribution in [3.63, 3.8) is 0 Å². The minimum absolute atomic E-state index is 0.0282. The first-order valence-corrected chi connectivity index (χ1v) is 9.82. The van der Waals surface area contributed by atoms with Crippen molar-refractivity contribution in [3.05, 3.63) is 40.6 Å². The third-order valence-electron chi connectivity index (χ3n) is 5.23. The standard InChI is InChI=1S/C22H22O11/c1-29-16-3-9(14-7-12(25)18-11(24)5-10(23)6-15(18)32-14)4-17(30-2)21(16)33-22-20(28)19(27)13(26)8-31-22/h3-7,13,19-20,22-24,26-28H,8H2,1-2H3. The van der Waals surface area contributed by atoms with Crippen LogP contribution in [0.3, 0.4) is 0 Å². The first-order valence-electron chi connectivity index (χ1n) is 9.82. The second-order valence-corrected chi connectivity index (χ2v) is 7.39. The van der Waals surface area contributed by atoms with Crippen LogP contribution in [-0.4, -0.2) is 71.0 Å². The van der Waals surface area contributed by atoms with Gasteiger partial charge in [-0.25, -0.2) is 0 Å². The molecule has 11 nitrogen and oxygen atoms in total. The molecule has 176 valence electrons. The average Bonchev–Trinajstić information content (AvgIpc) is 2.78. The number of aliphatic hydroxyl groups is 3. The molecule has 11 heteroatoms. The Hall–Kier alpha value is -3.51. The molecule has 0 bridgehead atoms. The van der Waals surface area contributed by atoms with Crippen molar-refractivity contribution in [2.45, 2.75) is 24.6 Å². The van der Waals surface area contributed by atoms with Crippen LogP contribution in [-0.2, 0) is 4.74 Å². The maximum atomic E-state index is 12.6. The van der Waals surface area contributed by atoms with E-state index in [0.29, 0.717) is 5.56 Å². The Morgan fingerprint density at radius 2 is 1.61 bits per heavy atom. The molecule has 0 radical (unpaired) electrons. The highest BCUT2D eigenvalue weighted by molar-refractivity contribution is 5.86. The molecule has 4 unspecified atom stereocenters. The Bertz CT molecular complexity index is 1210. The number of benzene rings is 2. The molecule has 5 N–H and O–H groups in total. The van der Waals surface area contributed by atoms with E-state index in [1.807, 2.05) is 0 Å². The molecule has 1 saturated heterocycles. The fourth-order valence-electron chi connectivity index (χ4n) is 3.53. The Labute approximate surface area is 186 Å². The van der Waals surface area contributed by atoms with E-state index in [2.05, 4.69) is 0 Å². The van der Waals surface area contributed by atoms with Gasteiger partial charge in [-0.15, -0.1) is 0 Å². The van der Waals surface area contributed by atoms with Gasteiger partial charge in [0.2, 0.25) is 12.0 Å². The predicted molar refractivity (Wildman–Crippen MR) is 113 cm³/mol. The van der Waals surface area contributed by atoms with Crippen LogP contribution < -0.4 is 19.6 Å². The number of hydrogen-bond donors (Lipinski definition) is 5. The van der Waals surface area contributed by atoms with Gasteiger partial charge in [0.05, 0.1) is 20.8 Å². The first-order chi connectivity index (χ1) is 15.7. The van der Waals surface area contributed by atoms with Crippen molar-refractivity contribution in [2.24, 2.45) is 0 Å². The molecule has 4 atom stereocenters. The van der Waals surface area contributed by atoms with Gasteiger partial charge in [-0.05, 0) is 12.1 Å². The zero-order valence-corrected chi connectivity index (χ0v) is 17.6. The van der Waals surface area contributed by atoms with E-state index in [0.717, 1.165) is 6.07 Å². The molecule has 0 spiro atoms. The summed E-state index contributed by atoms with van der Waals surface area (Å²) in [5.74, 6) is -0.312. The van der Waals surface area contributed by atoms with Gasteiger partial charge in [0.1, 0.15) is 46.5 Å². The van der Waals surface area contributed by atoms with Gasteiger partial charge in [0.25, 0.3) is 0 Å². The number of hydrogen-bond acceptors (Lipinski definition) is 11. The fraction of sp³-hybridized carbons (Fsp3) is 0.318. The van der Waals surface area contributed by atoms with Crippen molar-refractivity contribution >= 4 is 11.0 Å². The van der Waals surface area contributed by atoms with Gasteiger partial charge >= 0.3 is 0 Å². The smallest absolute Gasteiger partial charge is 0.229 e. The van der Waals surface area contributed by atoms with E-state index in [-0.39, 0.29) is 46.3 Å². The lowest BCUT2D eigenvalue weighted by Crippen LogP contribution is -2.54. The predicted octanol–water partition coefficient (Wildman–Crippen LogP) is 0.706. The third kappa shape index (κ3) is 4.14. The number of rotatable bonds is 5. The third-order valence-corrected chi connectivity index (χ3v) is 5.23. The van der Waals surface area contributed by atoms with Crippen LogP contribution in [0, 0.1) is 0 Å². The molecule has 2 heterocycles. The number of methoxy groups -OCH3 is 2. The van der Waals surface area contributed by atoms with Gasteiger partial charge in [0, 0.05) is 23.8 Å². The monoisotopic (exact) mass is 462 g/mol. The van der Waals surface area contributed by atoms with E-state index in [4.69, 9.17) is 23.4 Å². The van der Waals surface area contributed by atoms with E-state index >= 15 is 0 Å². The number of fused-ring (bicyclic) bond motifs is 1. The van der Waals surface area contributed by atoms with Crippen molar-refractivity contribution in [3.8, 4) is 40.1 Å². The van der Waals surface area contributed by atoms with E-state index < -0.39 is 35.8 Å². The quantitative estimate of drug-likeness (QED) is 0.362. The van der Waals surface area contributed by atoms with Crippen LogP contribution in [0.2, 0.25) is 0 Å². The topological polar surface area (TPSA) is 168 Å². The molecule has 4 rings (SSSR count). The maximum Gasteiger partial charge on any atom is 0.229 e. The number of aromatic hydroxyl groups is 2. The normalized spacial score (nSPS) is 22.8. The molecule has 0 amide bonds. The van der Waals surface area contributed by atoms with Crippen LogP contribution in [0.5, 0.6) is 28.7 Å². The molecule has 1 fully saturated rings. The van der Waals surface area contributed by atoms with Crippen molar-refractivity contribution < 1.29 is 48.9 Å². The highest BCUT2D eigenvalue weighted by Gasteiger charge is 2.40. The summed E-state index contributed by atoms with van der Waals surface area (Å²) in [6.45, 7) is -0.256. The zero-order valence-electron chi connectivity index (χ0n) is 17.6. The maximum absolute atomic E-state index is 12.6. The summed E-state index contributed by atoms with van der Waals surface area (Å²) in [6.07, 6.45) is -5.59. The summed E-state index contributed by atoms with van der Waals surface area (Å²) < 4.78 is 27.4. The lowest BCUT2D eigenvalue weighted by molar-refractivity contribution is -0.242. The largest absolute Gasteiger partial charge is 0.508 e. The SMILES string of the molecule is COc1cc(-c2cc(=O)c3c(O)cc(O)cc3o2)cc(OC)c1OC1OCC(O)C(O)C1O. The molecule has 3 aromatic rings. The van der Waals surface area contributed by atoms with Gasteiger partial charge in [-0.1, -0.05) is 0 Å². The number of aliphatic hydroxyl groups excluding tert-OH is 3. The van der Waals surface area contributed by atoms with E-state index in [9.17, 15) is 30.3 Å². The summed E-state index contributed by atoms with van der Waals surface area (Å²) in [5.41, 5.74) is -0.216. The second-order valence-electron chi connectivity index (χ2n) is 7.39. The lowest BCUT2D eigenvalue weighted by Gasteiger charge is -2.35. The minimum atomic E-state index is -1.54. The average molecular weight is 462 g/mol. The Balaban J connectivity index is 1.77. The van der Waals surface area contributed by atoms with Crippen molar-refractivity contribution in [1.29, 1.82) is 0 Å². The van der Waals surface area contributed by atoms with Gasteiger partial charge in [-0.3, -0.25) is 4.79 Å². The molecule has 1 aliphatic heterocycles. The van der Waals surface area contributed by atoms with Crippen LogP contribution >= 0.6 is 0 Å². The van der Waals surface area contributed by atoms with Gasteiger partial charge in [-0.2, -0.15) is 0 Å². The molecule has 0 saturated carbocycles. The van der Waals surface area contributed by atoms with Crippen molar-refractivity contribution in [2.75, 3.05) is 20.8 Å². The zero-order chi connectivity index (χ0) is 23.9. The summed E-state index contributed by atoms with van der Waals surface area (Å²) >= 11 is 0. The van der Waals surface area contributed by atoms with Crippen molar-refractivity contribution in [1.82, 2.24) is 0 Å². The Morgan fingerprint density at radius 3 is 2.24 bits per heavy atom. The summed E-state index contributed by atoms with van der Waals surface area (Å²) in [5, 5.41) is 49.3. The number of ether oxygens (including phenoxy) is 4. The molecule has 2 aromatic carbocycles. The van der Waals surface area contributed by atoms with E-state index in [1.54, 1.807) is 0 Å². The van der Waals surface area contributed by atoms with Crippen LogP contribution in [0.15, 0.2) is 39.5 Å².